The van der Waals surface area contributed by atoms with Gasteiger partial charge in [-0.1, -0.05) is 0 Å². The molecule has 21 heavy (non-hydrogen) atoms. The van der Waals surface area contributed by atoms with Crippen molar-refractivity contribution in [2.24, 2.45) is 17.5 Å². The number of hydrogen-bond acceptors (Lipinski definition) is 2. The molecule has 0 amide bonds. The molecule has 2 fully saturated rings. The fourth-order valence-electron chi connectivity index (χ4n) is 3.27. The van der Waals surface area contributed by atoms with Gasteiger partial charge in [-0.3, -0.25) is 4.99 Å². The lowest BCUT2D eigenvalue weighted by Crippen LogP contribution is -2.41. The Kier molecular flexibility index (Phi) is 5.54. The Bertz CT molecular complexity index is 494. The Labute approximate surface area is 143 Å². The van der Waals surface area contributed by atoms with E-state index in [1.807, 2.05) is 14.1 Å². The number of guanidine groups is 1. The van der Waals surface area contributed by atoms with Crippen molar-refractivity contribution in [3.05, 3.63) is 24.0 Å². The maximum atomic E-state index is 5.59. The summed E-state index contributed by atoms with van der Waals surface area (Å²) in [6.45, 7) is 4.82. The van der Waals surface area contributed by atoms with Crippen LogP contribution < -0.4 is 5.32 Å². The number of halogens is 1. The van der Waals surface area contributed by atoms with E-state index in [4.69, 9.17) is 4.74 Å². The van der Waals surface area contributed by atoms with Gasteiger partial charge in [-0.15, -0.1) is 24.0 Å². The summed E-state index contributed by atoms with van der Waals surface area (Å²) in [6.07, 6.45) is 6.62. The highest BCUT2D eigenvalue weighted by Gasteiger charge is 2.42. The molecule has 0 aliphatic carbocycles. The summed E-state index contributed by atoms with van der Waals surface area (Å²) in [7, 11) is 3.91. The molecule has 1 aromatic heterocycles. The van der Waals surface area contributed by atoms with Crippen molar-refractivity contribution in [3.8, 4) is 0 Å². The standard InChI is InChI=1S/C15H24N4O.HI/c1-16-14(17-9-13-3-6-18(2)10-13)19-7-4-15(11-19)5-8-20-12-15;/h3,6,10H,4-5,7-9,11-12H2,1-2H3,(H,16,17);1H. The molecule has 2 saturated heterocycles. The number of rotatable bonds is 2. The molecule has 2 aliphatic rings. The van der Waals surface area contributed by atoms with Crippen molar-refractivity contribution in [3.63, 3.8) is 0 Å². The first-order valence-corrected chi connectivity index (χ1v) is 7.35. The lowest BCUT2D eigenvalue weighted by molar-refractivity contribution is 0.156. The van der Waals surface area contributed by atoms with Crippen molar-refractivity contribution in [2.45, 2.75) is 19.4 Å². The van der Waals surface area contributed by atoms with Crippen molar-refractivity contribution >= 4 is 29.9 Å². The van der Waals surface area contributed by atoms with E-state index < -0.39 is 0 Å². The summed E-state index contributed by atoms with van der Waals surface area (Å²) in [5, 5.41) is 3.47. The molecular weight excluding hydrogens is 379 g/mol. The maximum absolute atomic E-state index is 5.59. The molecule has 1 atom stereocenters. The van der Waals surface area contributed by atoms with E-state index in [1.54, 1.807) is 0 Å². The Morgan fingerprint density at radius 1 is 1.48 bits per heavy atom. The first-order valence-electron chi connectivity index (χ1n) is 7.35. The maximum Gasteiger partial charge on any atom is 0.193 e. The largest absolute Gasteiger partial charge is 0.381 e. The number of aliphatic imine (C=N–C) groups is 1. The lowest BCUT2D eigenvalue weighted by atomic mass is 9.87. The van der Waals surface area contributed by atoms with Crippen molar-refractivity contribution in [1.29, 1.82) is 0 Å². The number of nitrogens with zero attached hydrogens (tertiary/aromatic N) is 3. The van der Waals surface area contributed by atoms with Crippen LogP contribution in [0.25, 0.3) is 0 Å². The van der Waals surface area contributed by atoms with Crippen LogP contribution in [-0.2, 0) is 18.3 Å². The van der Waals surface area contributed by atoms with Gasteiger partial charge < -0.3 is 19.5 Å². The molecule has 3 heterocycles. The Morgan fingerprint density at radius 3 is 2.95 bits per heavy atom. The second-order valence-corrected chi connectivity index (χ2v) is 6.06. The first-order chi connectivity index (χ1) is 9.71. The minimum absolute atomic E-state index is 0. The van der Waals surface area contributed by atoms with E-state index in [1.165, 1.54) is 18.4 Å². The molecule has 0 aromatic carbocycles. The molecule has 0 bridgehead atoms. The summed E-state index contributed by atoms with van der Waals surface area (Å²) in [5.41, 5.74) is 1.66. The van der Waals surface area contributed by atoms with Crippen LogP contribution in [0.15, 0.2) is 23.5 Å². The average Bonchev–Trinajstić information content (AvgIpc) is 3.15. The summed E-state index contributed by atoms with van der Waals surface area (Å²) < 4.78 is 7.66. The molecule has 2 aliphatic heterocycles. The van der Waals surface area contributed by atoms with Crippen LogP contribution in [0.4, 0.5) is 0 Å². The molecule has 118 valence electrons. The average molecular weight is 404 g/mol. The highest BCUT2D eigenvalue weighted by molar-refractivity contribution is 14.0. The van der Waals surface area contributed by atoms with Gasteiger partial charge in [0.2, 0.25) is 0 Å². The summed E-state index contributed by atoms with van der Waals surface area (Å²) in [6, 6.07) is 2.14. The van der Waals surface area contributed by atoms with Crippen LogP contribution in [0.5, 0.6) is 0 Å². The zero-order chi connectivity index (χ0) is 14.0. The summed E-state index contributed by atoms with van der Waals surface area (Å²) in [4.78, 5) is 6.80. The zero-order valence-corrected chi connectivity index (χ0v) is 15.2. The number of hydrogen-bond donors (Lipinski definition) is 1. The van der Waals surface area contributed by atoms with E-state index in [-0.39, 0.29) is 24.0 Å². The fraction of sp³-hybridized carbons (Fsp3) is 0.667. The van der Waals surface area contributed by atoms with Crippen LogP contribution in [0.2, 0.25) is 0 Å². The molecule has 1 spiro atoms. The fourth-order valence-corrected chi connectivity index (χ4v) is 3.27. The van der Waals surface area contributed by atoms with Gasteiger partial charge in [0.1, 0.15) is 0 Å². The van der Waals surface area contributed by atoms with Crippen LogP contribution >= 0.6 is 24.0 Å². The van der Waals surface area contributed by atoms with Gasteiger partial charge in [-0.05, 0) is 24.5 Å². The second kappa shape index (κ2) is 7.00. The van der Waals surface area contributed by atoms with Crippen LogP contribution in [0.3, 0.4) is 0 Å². The predicted molar refractivity (Wildman–Crippen MR) is 95.1 cm³/mol. The predicted octanol–water partition coefficient (Wildman–Crippen LogP) is 1.83. The zero-order valence-electron chi connectivity index (χ0n) is 12.8. The number of nitrogens with one attached hydrogen (secondary N) is 1. The molecule has 5 nitrogen and oxygen atoms in total. The number of likely N-dealkylation sites (tertiary alicyclic amines) is 1. The number of aryl methyl sites for hydroxylation is 1. The number of ether oxygens (including phenoxy) is 1. The molecule has 3 rings (SSSR count). The van der Waals surface area contributed by atoms with Gasteiger partial charge in [0.25, 0.3) is 0 Å². The SMILES string of the molecule is CN=C(NCc1ccn(C)c1)N1CCC2(CCOC2)C1.I. The Balaban J connectivity index is 0.00000161. The van der Waals surface area contributed by atoms with Gasteiger partial charge in [-0.25, -0.2) is 0 Å². The highest BCUT2D eigenvalue weighted by atomic mass is 127. The lowest BCUT2D eigenvalue weighted by Gasteiger charge is -2.24. The van der Waals surface area contributed by atoms with Crippen molar-refractivity contribution < 1.29 is 4.74 Å². The van der Waals surface area contributed by atoms with Crippen LogP contribution in [0.1, 0.15) is 18.4 Å². The van der Waals surface area contributed by atoms with Gasteiger partial charge >= 0.3 is 0 Å². The Hall–Kier alpha value is -0.760. The van der Waals surface area contributed by atoms with E-state index in [9.17, 15) is 0 Å². The number of aromatic nitrogens is 1. The van der Waals surface area contributed by atoms with E-state index >= 15 is 0 Å². The minimum Gasteiger partial charge on any atom is -0.381 e. The molecule has 0 saturated carbocycles. The van der Waals surface area contributed by atoms with E-state index in [2.05, 4.69) is 38.2 Å². The smallest absolute Gasteiger partial charge is 0.193 e. The molecule has 6 heteroatoms. The van der Waals surface area contributed by atoms with Crippen LogP contribution in [-0.4, -0.2) is 48.8 Å². The van der Waals surface area contributed by atoms with Gasteiger partial charge in [-0.2, -0.15) is 0 Å². The van der Waals surface area contributed by atoms with Crippen molar-refractivity contribution in [2.75, 3.05) is 33.4 Å². The third-order valence-corrected chi connectivity index (χ3v) is 4.48. The topological polar surface area (TPSA) is 41.8 Å². The molecule has 1 aromatic rings. The quantitative estimate of drug-likeness (QED) is 0.465. The van der Waals surface area contributed by atoms with E-state index in [0.29, 0.717) is 5.41 Å². The highest BCUT2D eigenvalue weighted by Crippen LogP contribution is 2.38. The van der Waals surface area contributed by atoms with Gasteiger partial charge in [0.05, 0.1) is 6.61 Å². The minimum atomic E-state index is 0. The molecule has 1 unspecified atom stereocenters. The monoisotopic (exact) mass is 404 g/mol. The summed E-state index contributed by atoms with van der Waals surface area (Å²) >= 11 is 0. The van der Waals surface area contributed by atoms with E-state index in [0.717, 1.165) is 38.8 Å². The molecule has 0 radical (unpaired) electrons. The normalized spacial score (nSPS) is 25.4. The second-order valence-electron chi connectivity index (χ2n) is 6.06. The third-order valence-electron chi connectivity index (χ3n) is 4.48. The molecular formula is C15H25IN4O. The van der Waals surface area contributed by atoms with Gasteiger partial charge in [0.15, 0.2) is 5.96 Å². The van der Waals surface area contributed by atoms with Crippen molar-refractivity contribution in [1.82, 2.24) is 14.8 Å². The molecule has 1 N–H and O–H groups in total. The van der Waals surface area contributed by atoms with Crippen LogP contribution in [0, 0.1) is 5.41 Å². The summed E-state index contributed by atoms with van der Waals surface area (Å²) in [5.74, 6) is 1.01. The first kappa shape index (κ1) is 16.6. The third kappa shape index (κ3) is 3.71. The van der Waals surface area contributed by atoms with Gasteiger partial charge in [0, 0.05) is 58.1 Å². The Morgan fingerprint density at radius 2 is 2.33 bits per heavy atom.